The van der Waals surface area contributed by atoms with Gasteiger partial charge in [0.05, 0.1) is 33.5 Å². The van der Waals surface area contributed by atoms with Gasteiger partial charge in [-0.05, 0) is 117 Å². The highest BCUT2D eigenvalue weighted by atomic mass is 16.3. The Morgan fingerprint density at radius 1 is 0.180 bits per heavy atom. The van der Waals surface area contributed by atoms with Crippen LogP contribution < -0.4 is 0 Å². The lowest BCUT2D eigenvalue weighted by molar-refractivity contribution is 0.668. The van der Waals surface area contributed by atoms with Gasteiger partial charge >= 0.3 is 0 Å². The molecular formula is C112H79N13O3. The second-order valence-corrected chi connectivity index (χ2v) is 30.9. The third-order valence-corrected chi connectivity index (χ3v) is 22.2. The fourth-order valence-electron chi connectivity index (χ4n) is 16.2. The zero-order valence-corrected chi connectivity index (χ0v) is 70.5. The van der Waals surface area contributed by atoms with Gasteiger partial charge in [0.25, 0.3) is 0 Å². The van der Waals surface area contributed by atoms with Crippen molar-refractivity contribution in [2.24, 2.45) is 0 Å². The molecule has 610 valence electrons. The number of aromatic nitrogens is 13. The van der Waals surface area contributed by atoms with Gasteiger partial charge in [-0.15, -0.1) is 0 Å². The van der Waals surface area contributed by atoms with E-state index in [0.717, 1.165) is 166 Å². The Kier molecular flexibility index (Phi) is 21.9. The maximum Gasteiger partial charge on any atom is 0.167 e. The van der Waals surface area contributed by atoms with E-state index in [9.17, 15) is 0 Å². The standard InChI is InChI=1S/C28H19N3O.2C22H15N3O.C21H16N2.C19H14N2/c1-18-9-7-12-20(17-18)27-29-26(19-10-3-2-4-11-19)30-28(31-27)23-15-8-14-22-21-13-5-6-16-24(21)32-25(22)23;1-14-23-21(15-8-3-2-4-9-15)25-22(24-14)18-12-7-11-17-16-10-5-6-13-19(16)26-20(17)18;1-14-23-21(15-8-3-2-4-9-15)25-22(24-14)17-11-7-13-19-20(17)16-10-5-6-12-18(16)26-19;1-15-22-20-10-6-5-9-19(20)21(23-15)18-13-11-17(12-14-18)16-7-3-2-4-8-16;1-13-20-18-9-5-4-8-17(18)19(21-13)16-11-10-14-6-2-3-7-15(14)12-16/h2-17H,1H3;2*2-13H,1H3;2-14H,1H3;2-12H,1H3. The maximum atomic E-state index is 6.25. The van der Waals surface area contributed by atoms with Gasteiger partial charge in [0, 0.05) is 82.0 Å². The van der Waals surface area contributed by atoms with Crippen molar-refractivity contribution in [3.8, 4) is 113 Å². The lowest BCUT2D eigenvalue weighted by Gasteiger charge is -2.09. The Labute approximate surface area is 736 Å². The summed E-state index contributed by atoms with van der Waals surface area (Å²) in [4.78, 5) is 60.6. The number of hydrogen-bond acceptors (Lipinski definition) is 16. The van der Waals surface area contributed by atoms with Crippen LogP contribution in [0.1, 0.15) is 28.9 Å². The van der Waals surface area contributed by atoms with Crippen LogP contribution in [0.3, 0.4) is 0 Å². The Balaban J connectivity index is 0.000000101. The zero-order chi connectivity index (χ0) is 86.4. The van der Waals surface area contributed by atoms with Gasteiger partial charge in [-0.1, -0.05) is 333 Å². The van der Waals surface area contributed by atoms with Gasteiger partial charge in [0.2, 0.25) is 0 Å². The average Bonchev–Trinajstić information content (AvgIpc) is 1.61. The quantitative estimate of drug-likeness (QED) is 0.125. The SMILES string of the molecule is Cc1cccc(-c2nc(-c3ccccc3)nc(-c3cccc4c3oc3ccccc34)n2)c1.Cc1nc(-c2ccc(-c3ccccc3)cc2)c2ccccc2n1.Cc1nc(-c2ccc3ccccc3c2)c2ccccc2n1.Cc1nc(-c2ccccc2)nc(-c2cccc3c2oc2ccccc23)n1.Cc1nc(-c2ccccc2)nc(-c2cccc3oc4ccccc4c23)n1. The van der Waals surface area contributed by atoms with Crippen molar-refractivity contribution in [3.63, 3.8) is 0 Å². The minimum atomic E-state index is 0.597. The molecule has 0 saturated heterocycles. The third kappa shape index (κ3) is 16.7. The van der Waals surface area contributed by atoms with Crippen molar-refractivity contribution in [1.82, 2.24) is 64.8 Å². The van der Waals surface area contributed by atoms with Gasteiger partial charge in [0.15, 0.2) is 40.8 Å². The smallest absolute Gasteiger partial charge is 0.167 e. The van der Waals surface area contributed by atoms with Crippen molar-refractivity contribution in [1.29, 1.82) is 0 Å². The van der Waals surface area contributed by atoms with Crippen molar-refractivity contribution in [2.75, 3.05) is 0 Å². The normalized spacial score (nSPS) is 11.2. The number of hydrogen-bond donors (Lipinski definition) is 0. The molecule has 0 radical (unpaired) electrons. The van der Waals surface area contributed by atoms with E-state index in [4.69, 9.17) is 38.2 Å². The van der Waals surface area contributed by atoms with Crippen molar-refractivity contribution >= 4 is 98.4 Å². The molecule has 0 saturated carbocycles. The molecular weight excluding hydrogens is 1580 g/mol. The molecule has 8 heterocycles. The fourth-order valence-corrected chi connectivity index (χ4v) is 16.2. The number of furan rings is 3. The van der Waals surface area contributed by atoms with E-state index < -0.39 is 0 Å². The molecule has 0 bridgehead atoms. The van der Waals surface area contributed by atoms with E-state index in [1.807, 2.05) is 270 Å². The van der Waals surface area contributed by atoms with Crippen LogP contribution in [0.4, 0.5) is 0 Å². The van der Waals surface area contributed by atoms with Gasteiger partial charge in [-0.3, -0.25) is 0 Å². The lowest BCUT2D eigenvalue weighted by Crippen LogP contribution is -2.00. The first kappa shape index (κ1) is 79.4. The minimum Gasteiger partial charge on any atom is -0.456 e. The van der Waals surface area contributed by atoms with Gasteiger partial charge in [0.1, 0.15) is 56.8 Å². The summed E-state index contributed by atoms with van der Waals surface area (Å²) >= 11 is 0. The molecule has 24 aromatic rings. The number of para-hydroxylation sites is 7. The van der Waals surface area contributed by atoms with Crippen LogP contribution in [0.2, 0.25) is 0 Å². The topological polar surface area (TPSA) is 207 Å². The highest BCUT2D eigenvalue weighted by Crippen LogP contribution is 2.41. The minimum absolute atomic E-state index is 0.597. The predicted molar refractivity (Wildman–Crippen MR) is 516 cm³/mol. The average molecular weight is 1650 g/mol. The van der Waals surface area contributed by atoms with Gasteiger partial charge < -0.3 is 13.3 Å². The van der Waals surface area contributed by atoms with Gasteiger partial charge in [-0.25, -0.2) is 64.8 Å². The van der Waals surface area contributed by atoms with E-state index in [-0.39, 0.29) is 0 Å². The van der Waals surface area contributed by atoms with E-state index >= 15 is 0 Å². The zero-order valence-electron chi connectivity index (χ0n) is 70.5. The van der Waals surface area contributed by atoms with Crippen LogP contribution in [0, 0.1) is 34.6 Å². The Bertz CT molecular complexity index is 8200. The highest BCUT2D eigenvalue weighted by Gasteiger charge is 2.22. The molecule has 24 rings (SSSR count). The largest absolute Gasteiger partial charge is 0.456 e. The maximum absolute atomic E-state index is 6.25. The van der Waals surface area contributed by atoms with Crippen LogP contribution in [-0.2, 0) is 0 Å². The molecule has 0 aliphatic rings. The molecule has 0 fully saturated rings. The summed E-state index contributed by atoms with van der Waals surface area (Å²) in [5.41, 5.74) is 21.4. The Morgan fingerprint density at radius 2 is 0.516 bits per heavy atom. The summed E-state index contributed by atoms with van der Waals surface area (Å²) in [6.45, 7) is 9.73. The number of fused-ring (bicyclic) bond motifs is 12. The molecule has 0 aliphatic heterocycles. The van der Waals surface area contributed by atoms with Crippen LogP contribution in [0.15, 0.2) is 401 Å². The molecule has 16 nitrogen and oxygen atoms in total. The van der Waals surface area contributed by atoms with E-state index in [1.54, 1.807) is 0 Å². The molecule has 0 N–H and O–H groups in total. The summed E-state index contributed by atoms with van der Waals surface area (Å²) in [6.07, 6.45) is 0. The van der Waals surface area contributed by atoms with Crippen LogP contribution in [0.25, 0.3) is 212 Å². The highest BCUT2D eigenvalue weighted by molar-refractivity contribution is 6.13. The van der Waals surface area contributed by atoms with Crippen LogP contribution in [-0.4, -0.2) is 64.8 Å². The van der Waals surface area contributed by atoms with Crippen molar-refractivity contribution < 1.29 is 13.3 Å². The fraction of sp³-hybridized carbons (Fsp3) is 0.0446. The second-order valence-electron chi connectivity index (χ2n) is 30.9. The summed E-state index contributed by atoms with van der Waals surface area (Å²) in [5, 5.41) is 11.1. The second kappa shape index (κ2) is 35.4. The molecule has 8 aromatic heterocycles. The Morgan fingerprint density at radius 3 is 1.05 bits per heavy atom. The number of benzene rings is 16. The number of rotatable bonds is 10. The van der Waals surface area contributed by atoms with E-state index in [0.29, 0.717) is 52.4 Å². The molecule has 0 amide bonds. The summed E-state index contributed by atoms with van der Waals surface area (Å²) < 4.78 is 18.4. The van der Waals surface area contributed by atoms with Crippen LogP contribution >= 0.6 is 0 Å². The van der Waals surface area contributed by atoms with E-state index in [1.165, 1.54) is 21.9 Å². The Hall–Kier alpha value is -17.1. The van der Waals surface area contributed by atoms with E-state index in [2.05, 4.69) is 192 Å². The number of nitrogens with zero attached hydrogens (tertiary/aromatic N) is 13. The first-order valence-corrected chi connectivity index (χ1v) is 42.3. The lowest BCUT2D eigenvalue weighted by atomic mass is 10.0. The summed E-state index contributed by atoms with van der Waals surface area (Å²) in [7, 11) is 0. The monoisotopic (exact) mass is 1650 g/mol. The van der Waals surface area contributed by atoms with Crippen molar-refractivity contribution in [2.45, 2.75) is 34.6 Å². The van der Waals surface area contributed by atoms with Crippen molar-refractivity contribution in [3.05, 3.63) is 417 Å². The number of aryl methyl sites for hydroxylation is 5. The molecule has 0 spiro atoms. The van der Waals surface area contributed by atoms with Gasteiger partial charge in [-0.2, -0.15) is 0 Å². The first-order chi connectivity index (χ1) is 63.0. The molecule has 16 heteroatoms. The molecule has 0 atom stereocenters. The predicted octanol–water partition coefficient (Wildman–Crippen LogP) is 27.9. The molecule has 0 unspecified atom stereocenters. The van der Waals surface area contributed by atoms with Crippen LogP contribution in [0.5, 0.6) is 0 Å². The molecule has 128 heavy (non-hydrogen) atoms. The first-order valence-electron chi connectivity index (χ1n) is 42.3. The third-order valence-electron chi connectivity index (χ3n) is 22.2. The summed E-state index contributed by atoms with van der Waals surface area (Å²) in [5.74, 6) is 7.49. The molecule has 0 aliphatic carbocycles. The summed E-state index contributed by atoms with van der Waals surface area (Å²) in [6, 6.07) is 131. The molecule has 16 aromatic carbocycles.